The number of nitrogens with zero attached hydrogens (tertiary/aromatic N) is 3. The molecule has 2 atom stereocenters. The topological polar surface area (TPSA) is 120 Å². The van der Waals surface area contributed by atoms with E-state index in [1.54, 1.807) is 0 Å². The monoisotopic (exact) mass is 583 g/mol. The van der Waals surface area contributed by atoms with Crippen molar-refractivity contribution < 1.29 is 55.7 Å². The van der Waals surface area contributed by atoms with Gasteiger partial charge < -0.3 is 19.8 Å². The number of alkyl halides is 6. The molecule has 1 aromatic heterocycles. The molecule has 224 valence electrons. The molecule has 4 rings (SSSR count). The van der Waals surface area contributed by atoms with Crippen molar-refractivity contribution >= 4 is 17.8 Å². The Morgan fingerprint density at radius 3 is 2.17 bits per heavy atom. The Balaban J connectivity index is 0.000000333. The number of likely N-dealkylation sites (tertiary alicyclic amines) is 1. The number of carbonyl (C=O) groups excluding carboxylic acids is 1. The number of hydrogen-bond donors (Lipinski definition) is 2. The minimum atomic E-state index is -5.08. The summed E-state index contributed by atoms with van der Waals surface area (Å²) in [7, 11) is 0. The molecule has 1 aromatic rings. The van der Waals surface area contributed by atoms with E-state index in [0.29, 0.717) is 12.3 Å². The predicted octanol–water partition coefficient (Wildman–Crippen LogP) is 3.90. The number of allylic oxidation sites excluding steroid dienone is 1. The standard InChI is InChI=1S/C21H29N3O2.2C2HF3O2/c25-21(11-17-5-2-1-3-6-17)24-15-19-14-23(9-10-26-20(19)16-24)13-18-7-4-8-22-12-18;2*3-2(4,5)1(6)7/h4-5,7-8,12,19-20H,1-3,6,9-11,13-16H2;2*(H,6,7)/t19-,20+;;/m0../s1. The van der Waals surface area contributed by atoms with E-state index in [1.807, 2.05) is 23.4 Å². The average Bonchev–Trinajstić information content (AvgIpc) is 3.18. The van der Waals surface area contributed by atoms with Crippen molar-refractivity contribution in [2.24, 2.45) is 5.92 Å². The van der Waals surface area contributed by atoms with Crippen molar-refractivity contribution in [3.8, 4) is 0 Å². The van der Waals surface area contributed by atoms with Crippen LogP contribution in [0.25, 0.3) is 0 Å². The first kappa shape index (κ1) is 33.0. The molecule has 2 N–H and O–H groups in total. The molecular formula is C25H31F6N3O6. The molecule has 0 spiro atoms. The first-order valence-corrected chi connectivity index (χ1v) is 12.5. The summed E-state index contributed by atoms with van der Waals surface area (Å²) in [6, 6.07) is 4.11. The number of hydrogen-bond acceptors (Lipinski definition) is 6. The van der Waals surface area contributed by atoms with E-state index < -0.39 is 24.3 Å². The normalized spacial score (nSPS) is 21.4. The van der Waals surface area contributed by atoms with Gasteiger partial charge in [-0.2, -0.15) is 26.3 Å². The third-order valence-corrected chi connectivity index (χ3v) is 6.34. The lowest BCUT2D eigenvalue weighted by Gasteiger charge is -2.23. The third kappa shape index (κ3) is 11.5. The third-order valence-electron chi connectivity index (χ3n) is 6.34. The van der Waals surface area contributed by atoms with Gasteiger partial charge in [-0.3, -0.25) is 14.7 Å². The number of amides is 1. The van der Waals surface area contributed by atoms with E-state index in [0.717, 1.165) is 52.2 Å². The maximum Gasteiger partial charge on any atom is 0.490 e. The number of fused-ring (bicyclic) bond motifs is 1. The Labute approximate surface area is 226 Å². The lowest BCUT2D eigenvalue weighted by molar-refractivity contribution is -0.193. The van der Waals surface area contributed by atoms with Gasteiger partial charge in [0.25, 0.3) is 0 Å². The maximum atomic E-state index is 12.7. The predicted molar refractivity (Wildman–Crippen MR) is 128 cm³/mol. The minimum Gasteiger partial charge on any atom is -0.475 e. The molecule has 2 saturated heterocycles. The summed E-state index contributed by atoms with van der Waals surface area (Å²) in [4.78, 5) is 39.2. The molecule has 0 aromatic carbocycles. The van der Waals surface area contributed by atoms with Gasteiger partial charge in [-0.05, 0) is 37.3 Å². The van der Waals surface area contributed by atoms with Gasteiger partial charge in [0.05, 0.1) is 12.7 Å². The molecule has 40 heavy (non-hydrogen) atoms. The molecule has 15 heteroatoms. The zero-order valence-corrected chi connectivity index (χ0v) is 21.5. The second-order valence-electron chi connectivity index (χ2n) is 9.46. The lowest BCUT2D eigenvalue weighted by atomic mass is 9.97. The number of carbonyl (C=O) groups is 3. The zero-order chi connectivity index (χ0) is 29.9. The van der Waals surface area contributed by atoms with Gasteiger partial charge in [0.15, 0.2) is 0 Å². The van der Waals surface area contributed by atoms with Gasteiger partial charge in [-0.25, -0.2) is 9.59 Å². The van der Waals surface area contributed by atoms with Crippen LogP contribution < -0.4 is 0 Å². The number of aromatic nitrogens is 1. The first-order valence-electron chi connectivity index (χ1n) is 12.5. The fourth-order valence-electron chi connectivity index (χ4n) is 4.43. The number of aliphatic carboxylic acids is 2. The van der Waals surface area contributed by atoms with E-state index >= 15 is 0 Å². The second-order valence-corrected chi connectivity index (χ2v) is 9.46. The van der Waals surface area contributed by atoms with E-state index in [-0.39, 0.29) is 12.0 Å². The van der Waals surface area contributed by atoms with Gasteiger partial charge in [0.2, 0.25) is 5.91 Å². The summed E-state index contributed by atoms with van der Waals surface area (Å²) < 4.78 is 69.6. The fraction of sp³-hybridized carbons (Fsp3) is 0.600. The van der Waals surface area contributed by atoms with Crippen LogP contribution in [0.15, 0.2) is 36.2 Å². The van der Waals surface area contributed by atoms with Crippen LogP contribution in [0.1, 0.15) is 37.7 Å². The molecule has 0 saturated carbocycles. The number of rotatable bonds is 4. The van der Waals surface area contributed by atoms with E-state index in [2.05, 4.69) is 22.0 Å². The second kappa shape index (κ2) is 15.0. The summed E-state index contributed by atoms with van der Waals surface area (Å²) >= 11 is 0. The lowest BCUT2D eigenvalue weighted by Crippen LogP contribution is -2.33. The van der Waals surface area contributed by atoms with Crippen molar-refractivity contribution in [2.75, 3.05) is 32.8 Å². The van der Waals surface area contributed by atoms with Gasteiger partial charge in [-0.1, -0.05) is 17.7 Å². The van der Waals surface area contributed by atoms with Crippen molar-refractivity contribution in [3.63, 3.8) is 0 Å². The minimum absolute atomic E-state index is 0.193. The highest BCUT2D eigenvalue weighted by molar-refractivity contribution is 5.79. The van der Waals surface area contributed by atoms with Crippen molar-refractivity contribution in [3.05, 3.63) is 41.7 Å². The Bertz CT molecular complexity index is 995. The molecule has 0 radical (unpaired) electrons. The molecule has 0 bridgehead atoms. The fourth-order valence-corrected chi connectivity index (χ4v) is 4.43. The van der Waals surface area contributed by atoms with Crippen LogP contribution in [0, 0.1) is 5.92 Å². The number of pyridine rings is 1. The van der Waals surface area contributed by atoms with Crippen LogP contribution in [0.4, 0.5) is 26.3 Å². The SMILES string of the molecule is O=C(CC1=CCCCC1)N1C[C@@H]2CN(Cc3cccnc3)CCO[C@@H]2C1.O=C(O)C(F)(F)F.O=C(O)C(F)(F)F. The van der Waals surface area contributed by atoms with Gasteiger partial charge >= 0.3 is 24.3 Å². The van der Waals surface area contributed by atoms with Crippen molar-refractivity contribution in [1.82, 2.24) is 14.8 Å². The molecule has 2 aliphatic heterocycles. The van der Waals surface area contributed by atoms with Crippen LogP contribution in [0.5, 0.6) is 0 Å². The zero-order valence-electron chi connectivity index (χ0n) is 21.5. The van der Waals surface area contributed by atoms with Crippen LogP contribution in [-0.2, 0) is 25.7 Å². The summed E-state index contributed by atoms with van der Waals surface area (Å²) in [5.41, 5.74) is 2.58. The summed E-state index contributed by atoms with van der Waals surface area (Å²) in [6.45, 7) is 5.18. The molecule has 3 heterocycles. The molecule has 3 aliphatic rings. The van der Waals surface area contributed by atoms with Crippen LogP contribution in [0.2, 0.25) is 0 Å². The number of ether oxygens (including phenoxy) is 1. The van der Waals surface area contributed by atoms with Crippen molar-refractivity contribution in [1.29, 1.82) is 0 Å². The van der Waals surface area contributed by atoms with E-state index in [9.17, 15) is 31.1 Å². The molecule has 1 aliphatic carbocycles. The van der Waals surface area contributed by atoms with Gasteiger partial charge in [0.1, 0.15) is 0 Å². The maximum absolute atomic E-state index is 12.7. The smallest absolute Gasteiger partial charge is 0.475 e. The van der Waals surface area contributed by atoms with Crippen LogP contribution >= 0.6 is 0 Å². The highest BCUT2D eigenvalue weighted by Gasteiger charge is 2.39. The molecular weight excluding hydrogens is 552 g/mol. The molecule has 2 fully saturated rings. The van der Waals surface area contributed by atoms with E-state index in [1.165, 1.54) is 24.0 Å². The summed E-state index contributed by atoms with van der Waals surface area (Å²) in [5.74, 6) is -4.81. The quantitative estimate of drug-likeness (QED) is 0.405. The highest BCUT2D eigenvalue weighted by atomic mass is 19.4. The van der Waals surface area contributed by atoms with Gasteiger partial charge in [-0.15, -0.1) is 0 Å². The summed E-state index contributed by atoms with van der Waals surface area (Å²) in [5, 5.41) is 14.2. The average molecular weight is 584 g/mol. The Morgan fingerprint density at radius 1 is 1.00 bits per heavy atom. The molecule has 0 unspecified atom stereocenters. The Kier molecular flexibility index (Phi) is 12.4. The summed E-state index contributed by atoms with van der Waals surface area (Å²) in [6.07, 6.45) is 1.41. The van der Waals surface area contributed by atoms with Crippen LogP contribution in [-0.4, -0.2) is 94.1 Å². The molecule has 1 amide bonds. The highest BCUT2D eigenvalue weighted by Crippen LogP contribution is 2.27. The van der Waals surface area contributed by atoms with Crippen molar-refractivity contribution in [2.45, 2.75) is 57.1 Å². The number of carboxylic acids is 2. The first-order chi connectivity index (χ1) is 18.7. The Hall–Kier alpha value is -3.20. The molecule has 9 nitrogen and oxygen atoms in total. The van der Waals surface area contributed by atoms with Crippen LogP contribution in [0.3, 0.4) is 0 Å². The van der Waals surface area contributed by atoms with E-state index in [4.69, 9.17) is 24.5 Å². The number of halogens is 6. The largest absolute Gasteiger partial charge is 0.490 e. The van der Waals surface area contributed by atoms with Gasteiger partial charge in [0, 0.05) is 57.5 Å². The number of carboxylic acid groups (broad SMARTS) is 2. The Morgan fingerprint density at radius 2 is 1.65 bits per heavy atom.